The van der Waals surface area contributed by atoms with Crippen LogP contribution in [0.4, 0.5) is 0 Å². The lowest BCUT2D eigenvalue weighted by atomic mass is 9.73. The molecule has 0 aromatic rings. The topological polar surface area (TPSA) is 0 Å². The van der Waals surface area contributed by atoms with Gasteiger partial charge in [-0.15, -0.1) is 0 Å². The maximum absolute atomic E-state index is 2.51. The maximum Gasteiger partial charge on any atom is -0.0145 e. The van der Waals surface area contributed by atoms with Gasteiger partial charge in [-0.25, -0.2) is 0 Å². The normalized spacial score (nSPS) is 58.8. The Morgan fingerprint density at radius 2 is 2.36 bits per heavy atom. The van der Waals surface area contributed by atoms with Crippen LogP contribution in [0, 0.1) is 23.2 Å². The van der Waals surface area contributed by atoms with E-state index in [1.165, 1.54) is 25.7 Å². The van der Waals surface area contributed by atoms with E-state index in [4.69, 9.17) is 0 Å². The highest BCUT2D eigenvalue weighted by atomic mass is 14.6. The number of fused-ring (bicyclic) bond motifs is 5. The van der Waals surface area contributed by atoms with Gasteiger partial charge in [0.15, 0.2) is 0 Å². The number of rotatable bonds is 0. The largest absolute Gasteiger partial charge is 0.0879 e. The fraction of sp³-hybridized carbons (Fsp3) is 0.818. The van der Waals surface area contributed by atoms with Gasteiger partial charge in [0.25, 0.3) is 0 Å². The van der Waals surface area contributed by atoms with Crippen LogP contribution < -0.4 is 0 Å². The summed E-state index contributed by atoms with van der Waals surface area (Å²) in [5.74, 6) is 3.13. The summed E-state index contributed by atoms with van der Waals surface area (Å²) < 4.78 is 0. The molecule has 0 aromatic heterocycles. The lowest BCUT2D eigenvalue weighted by Gasteiger charge is -2.31. The maximum atomic E-state index is 2.51. The van der Waals surface area contributed by atoms with Crippen LogP contribution in [0.1, 0.15) is 32.6 Å². The molecule has 0 amide bonds. The second-order valence-corrected chi connectivity index (χ2v) is 5.01. The van der Waals surface area contributed by atoms with Crippen molar-refractivity contribution in [1.29, 1.82) is 0 Å². The lowest BCUT2D eigenvalue weighted by molar-refractivity contribution is 0.204. The summed E-state index contributed by atoms with van der Waals surface area (Å²) in [6.07, 6.45) is 10.9. The van der Waals surface area contributed by atoms with Crippen LogP contribution >= 0.6 is 0 Å². The summed E-state index contributed by atoms with van der Waals surface area (Å²) in [6, 6.07) is 0. The molecule has 60 valence electrons. The van der Waals surface area contributed by atoms with Crippen molar-refractivity contribution in [3.63, 3.8) is 0 Å². The first-order valence-electron chi connectivity index (χ1n) is 4.96. The molecule has 0 aromatic carbocycles. The molecule has 11 heavy (non-hydrogen) atoms. The minimum atomic E-state index is 0.725. The van der Waals surface area contributed by atoms with Gasteiger partial charge in [-0.05, 0) is 48.9 Å². The molecule has 3 aliphatic rings. The van der Waals surface area contributed by atoms with E-state index < -0.39 is 0 Å². The van der Waals surface area contributed by atoms with Gasteiger partial charge < -0.3 is 0 Å². The zero-order chi connectivity index (χ0) is 7.47. The highest BCUT2D eigenvalue weighted by Gasteiger charge is 2.54. The minimum absolute atomic E-state index is 0.725. The average Bonchev–Trinajstić information content (AvgIpc) is 2.53. The van der Waals surface area contributed by atoms with E-state index in [0.717, 1.165) is 23.2 Å². The van der Waals surface area contributed by atoms with Crippen LogP contribution in [0.2, 0.25) is 0 Å². The van der Waals surface area contributed by atoms with E-state index in [1.54, 1.807) is 0 Å². The minimum Gasteiger partial charge on any atom is -0.0879 e. The molecule has 2 saturated carbocycles. The van der Waals surface area contributed by atoms with Crippen LogP contribution in [0.3, 0.4) is 0 Å². The molecule has 3 aliphatic carbocycles. The first kappa shape index (κ1) is 6.28. The van der Waals surface area contributed by atoms with Crippen molar-refractivity contribution in [2.75, 3.05) is 0 Å². The Bertz CT molecular complexity index is 216. The van der Waals surface area contributed by atoms with E-state index in [1.807, 2.05) is 0 Å². The van der Waals surface area contributed by atoms with Crippen molar-refractivity contribution in [2.24, 2.45) is 23.2 Å². The van der Waals surface area contributed by atoms with Gasteiger partial charge >= 0.3 is 0 Å². The summed E-state index contributed by atoms with van der Waals surface area (Å²) in [5, 5.41) is 0. The van der Waals surface area contributed by atoms with E-state index in [9.17, 15) is 0 Å². The third kappa shape index (κ3) is 0.617. The summed E-state index contributed by atoms with van der Waals surface area (Å²) in [4.78, 5) is 0. The molecule has 0 saturated heterocycles. The van der Waals surface area contributed by atoms with Gasteiger partial charge in [-0.2, -0.15) is 0 Å². The second kappa shape index (κ2) is 1.73. The Morgan fingerprint density at radius 1 is 1.45 bits per heavy atom. The van der Waals surface area contributed by atoms with Crippen LogP contribution in [0.15, 0.2) is 12.2 Å². The molecular weight excluding hydrogens is 132 g/mol. The average molecular weight is 148 g/mol. The van der Waals surface area contributed by atoms with E-state index in [0.29, 0.717) is 0 Å². The zero-order valence-corrected chi connectivity index (χ0v) is 7.22. The standard InChI is InChI=1S/C11H16/c1-11-6-5-8(7-11)9-3-2-4-10(9)11/h2,4,8-10H,3,5-7H2,1H3. The molecule has 0 N–H and O–H groups in total. The van der Waals surface area contributed by atoms with Gasteiger partial charge in [0, 0.05) is 0 Å². The number of hydrogen-bond donors (Lipinski definition) is 0. The summed E-state index contributed by atoms with van der Waals surface area (Å²) in [7, 11) is 0. The van der Waals surface area contributed by atoms with Gasteiger partial charge in [0.1, 0.15) is 0 Å². The molecule has 4 atom stereocenters. The first-order chi connectivity index (χ1) is 5.30. The van der Waals surface area contributed by atoms with Crippen LogP contribution in [0.5, 0.6) is 0 Å². The smallest absolute Gasteiger partial charge is 0.0145 e. The quantitative estimate of drug-likeness (QED) is 0.463. The fourth-order valence-electron chi connectivity index (χ4n) is 3.89. The lowest BCUT2D eigenvalue weighted by Crippen LogP contribution is -2.24. The van der Waals surface area contributed by atoms with E-state index in [2.05, 4.69) is 19.1 Å². The highest BCUT2D eigenvalue weighted by Crippen LogP contribution is 2.63. The molecule has 3 rings (SSSR count). The summed E-state index contributed by atoms with van der Waals surface area (Å²) >= 11 is 0. The third-order valence-electron chi connectivity index (χ3n) is 4.44. The Kier molecular flexibility index (Phi) is 0.987. The Balaban J connectivity index is 2.03. The Morgan fingerprint density at radius 3 is 3.18 bits per heavy atom. The summed E-state index contributed by atoms with van der Waals surface area (Å²) in [5.41, 5.74) is 0.725. The van der Waals surface area contributed by atoms with Crippen LogP contribution in [-0.2, 0) is 0 Å². The molecule has 4 unspecified atom stereocenters. The molecule has 0 heteroatoms. The second-order valence-electron chi connectivity index (χ2n) is 5.01. The van der Waals surface area contributed by atoms with Gasteiger partial charge in [-0.1, -0.05) is 19.1 Å². The Hall–Kier alpha value is -0.260. The number of allylic oxidation sites excluding steroid dienone is 2. The zero-order valence-electron chi connectivity index (χ0n) is 7.22. The molecule has 0 heterocycles. The first-order valence-corrected chi connectivity index (χ1v) is 4.96. The molecule has 0 radical (unpaired) electrons. The number of hydrogen-bond acceptors (Lipinski definition) is 0. The van der Waals surface area contributed by atoms with Crippen molar-refractivity contribution in [2.45, 2.75) is 32.6 Å². The molecule has 2 fully saturated rings. The van der Waals surface area contributed by atoms with Gasteiger partial charge in [-0.3, -0.25) is 0 Å². The van der Waals surface area contributed by atoms with Crippen molar-refractivity contribution < 1.29 is 0 Å². The van der Waals surface area contributed by atoms with Gasteiger partial charge in [0.2, 0.25) is 0 Å². The fourth-order valence-corrected chi connectivity index (χ4v) is 3.89. The monoisotopic (exact) mass is 148 g/mol. The van der Waals surface area contributed by atoms with Crippen LogP contribution in [-0.4, -0.2) is 0 Å². The Labute approximate surface area is 68.7 Å². The van der Waals surface area contributed by atoms with Crippen LogP contribution in [0.25, 0.3) is 0 Å². The molecular formula is C11H16. The van der Waals surface area contributed by atoms with Crippen molar-refractivity contribution >= 4 is 0 Å². The predicted molar refractivity (Wildman–Crippen MR) is 46.2 cm³/mol. The van der Waals surface area contributed by atoms with Crippen molar-refractivity contribution in [1.82, 2.24) is 0 Å². The molecule has 2 bridgehead atoms. The van der Waals surface area contributed by atoms with E-state index >= 15 is 0 Å². The highest BCUT2D eigenvalue weighted by molar-refractivity contribution is 5.16. The predicted octanol–water partition coefficient (Wildman–Crippen LogP) is 3.00. The molecule has 0 nitrogen and oxygen atoms in total. The van der Waals surface area contributed by atoms with Gasteiger partial charge in [0.05, 0.1) is 0 Å². The van der Waals surface area contributed by atoms with E-state index in [-0.39, 0.29) is 0 Å². The third-order valence-corrected chi connectivity index (χ3v) is 4.44. The SMILES string of the molecule is CC12CCC(C1)C1CC=CC12. The molecule has 0 aliphatic heterocycles. The van der Waals surface area contributed by atoms with Crippen molar-refractivity contribution in [3.05, 3.63) is 12.2 Å². The van der Waals surface area contributed by atoms with Crippen molar-refractivity contribution in [3.8, 4) is 0 Å². The summed E-state index contributed by atoms with van der Waals surface area (Å²) in [6.45, 7) is 2.51. The molecule has 0 spiro atoms.